The van der Waals surface area contributed by atoms with Gasteiger partial charge in [-0.15, -0.1) is 0 Å². The lowest BCUT2D eigenvalue weighted by Crippen LogP contribution is -2.23. The highest BCUT2D eigenvalue weighted by Crippen LogP contribution is 2.34. The molecule has 0 bridgehead atoms. The van der Waals surface area contributed by atoms with Gasteiger partial charge in [-0.2, -0.15) is 0 Å². The molecule has 1 aliphatic heterocycles. The minimum absolute atomic E-state index is 0.241. The van der Waals surface area contributed by atoms with Gasteiger partial charge in [0.05, 0.1) is 0 Å². The highest BCUT2D eigenvalue weighted by Gasteiger charge is 2.26. The van der Waals surface area contributed by atoms with Gasteiger partial charge in [-0.05, 0) is 55.3 Å². The van der Waals surface area contributed by atoms with Crippen molar-refractivity contribution in [3.8, 4) is 0 Å². The zero-order valence-corrected chi connectivity index (χ0v) is 12.3. The second-order valence-electron chi connectivity index (χ2n) is 5.42. The maximum Gasteiger partial charge on any atom is 0.127 e. The van der Waals surface area contributed by atoms with Crippen LogP contribution in [-0.2, 0) is 6.54 Å². The number of hydrogen-bond donors (Lipinski definition) is 0. The number of rotatable bonds is 3. The molecule has 110 valence electrons. The van der Waals surface area contributed by atoms with Gasteiger partial charge in [0.1, 0.15) is 11.6 Å². The van der Waals surface area contributed by atoms with Crippen LogP contribution >= 0.6 is 11.6 Å². The van der Waals surface area contributed by atoms with Crippen LogP contribution in [0.3, 0.4) is 0 Å². The van der Waals surface area contributed by atoms with Crippen LogP contribution in [0.4, 0.5) is 8.78 Å². The van der Waals surface area contributed by atoms with Crippen LogP contribution < -0.4 is 0 Å². The first-order chi connectivity index (χ1) is 10.1. The summed E-state index contributed by atoms with van der Waals surface area (Å²) in [5, 5.41) is 0.708. The van der Waals surface area contributed by atoms with Gasteiger partial charge in [0.15, 0.2) is 0 Å². The van der Waals surface area contributed by atoms with Gasteiger partial charge >= 0.3 is 0 Å². The van der Waals surface area contributed by atoms with Gasteiger partial charge in [-0.25, -0.2) is 8.78 Å². The van der Waals surface area contributed by atoms with E-state index in [1.54, 1.807) is 0 Å². The van der Waals surface area contributed by atoms with Gasteiger partial charge in [0, 0.05) is 23.2 Å². The molecule has 1 saturated heterocycles. The average Bonchev–Trinajstić information content (AvgIpc) is 2.92. The lowest BCUT2D eigenvalue weighted by Gasteiger charge is -2.25. The van der Waals surface area contributed by atoms with Crippen molar-refractivity contribution in [1.29, 1.82) is 0 Å². The minimum atomic E-state index is -0.395. The van der Waals surface area contributed by atoms with E-state index >= 15 is 0 Å². The summed E-state index contributed by atoms with van der Waals surface area (Å²) >= 11 is 5.92. The van der Waals surface area contributed by atoms with Crippen LogP contribution in [0.1, 0.15) is 30.0 Å². The second kappa shape index (κ2) is 6.12. The maximum absolute atomic E-state index is 13.8. The summed E-state index contributed by atoms with van der Waals surface area (Å²) in [5.41, 5.74) is 1.59. The third-order valence-corrected chi connectivity index (χ3v) is 4.25. The maximum atomic E-state index is 13.8. The topological polar surface area (TPSA) is 3.24 Å². The third kappa shape index (κ3) is 3.25. The van der Waals surface area contributed by atoms with E-state index in [0.29, 0.717) is 17.1 Å². The van der Waals surface area contributed by atoms with E-state index in [9.17, 15) is 8.78 Å². The molecule has 1 aliphatic rings. The summed E-state index contributed by atoms with van der Waals surface area (Å²) in [6.45, 7) is 1.32. The Hall–Kier alpha value is -1.45. The predicted octanol–water partition coefficient (Wildman–Crippen LogP) is 4.96. The number of nitrogens with zero attached hydrogens (tertiary/aromatic N) is 1. The molecule has 2 aromatic carbocycles. The fraction of sp³-hybridized carbons (Fsp3) is 0.294. The molecule has 4 heteroatoms. The molecule has 0 amide bonds. The molecule has 1 atom stereocenters. The van der Waals surface area contributed by atoms with E-state index in [0.717, 1.165) is 25.5 Å². The SMILES string of the molecule is Fc1ccc(F)c(CN2CCCC2c2ccc(Cl)cc2)c1. The Bertz CT molecular complexity index is 627. The first-order valence-corrected chi connectivity index (χ1v) is 7.45. The van der Waals surface area contributed by atoms with Gasteiger partial charge in [0.25, 0.3) is 0 Å². The van der Waals surface area contributed by atoms with Crippen molar-refractivity contribution in [3.63, 3.8) is 0 Å². The molecule has 1 fully saturated rings. The van der Waals surface area contributed by atoms with Crippen LogP contribution in [0.5, 0.6) is 0 Å². The van der Waals surface area contributed by atoms with Crippen LogP contribution in [0.25, 0.3) is 0 Å². The summed E-state index contributed by atoms with van der Waals surface area (Å²) in [5.74, 6) is -0.744. The van der Waals surface area contributed by atoms with Crippen LogP contribution in [0.15, 0.2) is 42.5 Å². The first kappa shape index (κ1) is 14.5. The molecule has 1 heterocycles. The Balaban J connectivity index is 1.81. The standard InChI is InChI=1S/C17H16ClF2N/c18-14-5-3-12(4-6-14)17-2-1-9-21(17)11-13-10-15(19)7-8-16(13)20/h3-8,10,17H,1-2,9,11H2. The monoisotopic (exact) mass is 307 g/mol. The highest BCUT2D eigenvalue weighted by molar-refractivity contribution is 6.30. The van der Waals surface area contributed by atoms with Crippen molar-refractivity contribution < 1.29 is 8.78 Å². The molecule has 0 N–H and O–H groups in total. The van der Waals surface area contributed by atoms with Gasteiger partial charge in [-0.1, -0.05) is 23.7 Å². The molecule has 1 nitrogen and oxygen atoms in total. The highest BCUT2D eigenvalue weighted by atomic mass is 35.5. The van der Waals surface area contributed by atoms with E-state index in [1.807, 2.05) is 24.3 Å². The van der Waals surface area contributed by atoms with Crippen molar-refractivity contribution >= 4 is 11.6 Å². The molecule has 0 radical (unpaired) electrons. The molecule has 3 rings (SSSR count). The van der Waals surface area contributed by atoms with Crippen molar-refractivity contribution in [2.45, 2.75) is 25.4 Å². The number of benzene rings is 2. The van der Waals surface area contributed by atoms with Crippen molar-refractivity contribution in [2.75, 3.05) is 6.54 Å². The Kier molecular flexibility index (Phi) is 4.22. The predicted molar refractivity (Wildman–Crippen MR) is 80.2 cm³/mol. The summed E-state index contributed by atoms with van der Waals surface area (Å²) in [6, 6.07) is 11.6. The van der Waals surface area contributed by atoms with E-state index in [-0.39, 0.29) is 11.9 Å². The molecule has 21 heavy (non-hydrogen) atoms. The molecular weight excluding hydrogens is 292 g/mol. The van der Waals surface area contributed by atoms with Crippen molar-refractivity contribution in [1.82, 2.24) is 4.90 Å². The minimum Gasteiger partial charge on any atom is -0.292 e. The Labute approximate surface area is 128 Å². The molecule has 0 saturated carbocycles. The Morgan fingerprint density at radius 1 is 1.10 bits per heavy atom. The van der Waals surface area contributed by atoms with E-state index in [4.69, 9.17) is 11.6 Å². The lowest BCUT2D eigenvalue weighted by atomic mass is 10.0. The summed E-state index contributed by atoms with van der Waals surface area (Å²) in [4.78, 5) is 2.20. The second-order valence-corrected chi connectivity index (χ2v) is 5.85. The molecule has 2 aromatic rings. The molecular formula is C17H16ClF2N. The van der Waals surface area contributed by atoms with Crippen LogP contribution in [0, 0.1) is 11.6 Å². The Morgan fingerprint density at radius 3 is 2.62 bits per heavy atom. The zero-order valence-electron chi connectivity index (χ0n) is 11.5. The fourth-order valence-electron chi connectivity index (χ4n) is 2.96. The van der Waals surface area contributed by atoms with Gasteiger partial charge in [0.2, 0.25) is 0 Å². The van der Waals surface area contributed by atoms with Crippen LogP contribution in [0.2, 0.25) is 5.02 Å². The van der Waals surface area contributed by atoms with E-state index in [1.165, 1.54) is 17.7 Å². The quantitative estimate of drug-likeness (QED) is 0.775. The summed E-state index contributed by atoms with van der Waals surface area (Å²) < 4.78 is 27.1. The molecule has 0 aliphatic carbocycles. The number of likely N-dealkylation sites (tertiary alicyclic amines) is 1. The van der Waals surface area contributed by atoms with E-state index in [2.05, 4.69) is 4.90 Å². The van der Waals surface area contributed by atoms with Crippen LogP contribution in [-0.4, -0.2) is 11.4 Å². The summed E-state index contributed by atoms with van der Waals surface area (Å²) in [7, 11) is 0. The third-order valence-electron chi connectivity index (χ3n) is 4.00. The molecule has 1 unspecified atom stereocenters. The Morgan fingerprint density at radius 2 is 1.86 bits per heavy atom. The first-order valence-electron chi connectivity index (χ1n) is 7.07. The van der Waals surface area contributed by atoms with Crippen molar-refractivity contribution in [2.24, 2.45) is 0 Å². The average molecular weight is 308 g/mol. The van der Waals surface area contributed by atoms with E-state index < -0.39 is 5.82 Å². The number of halogens is 3. The lowest BCUT2D eigenvalue weighted by molar-refractivity contribution is 0.244. The fourth-order valence-corrected chi connectivity index (χ4v) is 3.09. The van der Waals surface area contributed by atoms with Gasteiger partial charge in [-0.3, -0.25) is 4.90 Å². The van der Waals surface area contributed by atoms with Crippen molar-refractivity contribution in [3.05, 3.63) is 70.2 Å². The largest absolute Gasteiger partial charge is 0.292 e. The number of hydrogen-bond acceptors (Lipinski definition) is 1. The zero-order chi connectivity index (χ0) is 14.8. The summed E-state index contributed by atoms with van der Waals surface area (Å²) in [6.07, 6.45) is 2.09. The van der Waals surface area contributed by atoms with Gasteiger partial charge < -0.3 is 0 Å². The molecule has 0 aromatic heterocycles. The smallest absolute Gasteiger partial charge is 0.127 e. The normalized spacial score (nSPS) is 19.1. The molecule has 0 spiro atoms.